The zero-order valence-corrected chi connectivity index (χ0v) is 14.9. The molecule has 154 valence electrons. The number of nitrogens with two attached hydrogens (primary N) is 1. The quantitative estimate of drug-likeness (QED) is 0.561. The minimum absolute atomic E-state index is 0.0393. The number of hydrogen-bond acceptors (Lipinski definition) is 5. The first-order valence-corrected chi connectivity index (χ1v) is 8.26. The molecule has 28 heavy (non-hydrogen) atoms. The van der Waals surface area contributed by atoms with Crippen molar-refractivity contribution in [1.82, 2.24) is 10.6 Å². The Hall–Kier alpha value is -2.86. The number of halogens is 3. The molecule has 12 heteroatoms. The second-order valence-corrected chi connectivity index (χ2v) is 5.83. The van der Waals surface area contributed by atoms with E-state index in [0.29, 0.717) is 0 Å². The van der Waals surface area contributed by atoms with Crippen molar-refractivity contribution in [2.75, 3.05) is 43.6 Å². The van der Waals surface area contributed by atoms with Crippen LogP contribution in [0.1, 0.15) is 5.56 Å². The number of alkyl halides is 3. The first kappa shape index (κ1) is 21.4. The number of carbonyl (C=O) groups excluding carboxylic acids is 3. The van der Waals surface area contributed by atoms with Gasteiger partial charge in [0.25, 0.3) is 5.91 Å². The Morgan fingerprint density at radius 2 is 2.07 bits per heavy atom. The zero-order valence-electron chi connectivity index (χ0n) is 14.9. The topological polar surface area (TPSA) is 126 Å². The highest BCUT2D eigenvalue weighted by atomic mass is 19.4. The fourth-order valence-electron chi connectivity index (χ4n) is 2.52. The highest BCUT2D eigenvalue weighted by Crippen LogP contribution is 2.37. The third kappa shape index (κ3) is 5.10. The predicted molar refractivity (Wildman–Crippen MR) is 93.7 cm³/mol. The Morgan fingerprint density at radius 3 is 2.64 bits per heavy atom. The molecule has 0 saturated carbocycles. The third-order valence-electron chi connectivity index (χ3n) is 3.95. The molecule has 1 atom stereocenters. The van der Waals surface area contributed by atoms with Gasteiger partial charge in [0, 0.05) is 25.8 Å². The van der Waals surface area contributed by atoms with Crippen molar-refractivity contribution in [1.29, 1.82) is 0 Å². The van der Waals surface area contributed by atoms with Gasteiger partial charge in [-0.3, -0.25) is 9.59 Å². The van der Waals surface area contributed by atoms with Crippen LogP contribution in [0.2, 0.25) is 0 Å². The van der Waals surface area contributed by atoms with E-state index in [0.717, 1.165) is 12.1 Å². The minimum Gasteiger partial charge on any atom is -0.370 e. The lowest BCUT2D eigenvalue weighted by atomic mass is 10.1. The summed E-state index contributed by atoms with van der Waals surface area (Å²) in [5, 5.41) is 6.58. The lowest BCUT2D eigenvalue weighted by molar-refractivity contribution is -0.137. The summed E-state index contributed by atoms with van der Waals surface area (Å²) in [5.41, 5.74) is 3.80. The van der Waals surface area contributed by atoms with Crippen LogP contribution in [0.25, 0.3) is 0 Å². The number of benzene rings is 1. The van der Waals surface area contributed by atoms with Gasteiger partial charge in [0.05, 0.1) is 17.9 Å². The van der Waals surface area contributed by atoms with E-state index < -0.39 is 41.3 Å². The third-order valence-corrected chi connectivity index (χ3v) is 3.95. The van der Waals surface area contributed by atoms with Crippen molar-refractivity contribution in [2.24, 2.45) is 5.73 Å². The lowest BCUT2D eigenvalue weighted by Gasteiger charge is -2.28. The molecule has 5 N–H and O–H groups in total. The largest absolute Gasteiger partial charge is 0.418 e. The van der Waals surface area contributed by atoms with E-state index >= 15 is 0 Å². The SMILES string of the molecule is CNC(=O)N[C@H](CN)C(=O)Nc1ccc(N2CCOCC2=O)cc1C(F)(F)F. The number of hydrogen-bond donors (Lipinski definition) is 4. The highest BCUT2D eigenvalue weighted by Gasteiger charge is 2.36. The molecule has 1 aromatic rings. The van der Waals surface area contributed by atoms with Crippen LogP contribution in [0.3, 0.4) is 0 Å². The number of amides is 4. The molecule has 0 radical (unpaired) electrons. The zero-order chi connectivity index (χ0) is 20.9. The summed E-state index contributed by atoms with van der Waals surface area (Å²) in [6.07, 6.45) is -4.79. The number of ether oxygens (including phenoxy) is 1. The highest BCUT2D eigenvalue weighted by molar-refractivity contribution is 5.99. The van der Waals surface area contributed by atoms with E-state index in [9.17, 15) is 27.6 Å². The van der Waals surface area contributed by atoms with Gasteiger partial charge in [-0.25, -0.2) is 4.79 Å². The summed E-state index contributed by atoms with van der Waals surface area (Å²) >= 11 is 0. The number of rotatable bonds is 5. The smallest absolute Gasteiger partial charge is 0.370 e. The second-order valence-electron chi connectivity index (χ2n) is 5.83. The van der Waals surface area contributed by atoms with Crippen LogP contribution >= 0.6 is 0 Å². The van der Waals surface area contributed by atoms with Crippen molar-refractivity contribution in [2.45, 2.75) is 12.2 Å². The molecule has 1 saturated heterocycles. The molecule has 0 aromatic heterocycles. The molecule has 1 fully saturated rings. The van der Waals surface area contributed by atoms with Gasteiger partial charge in [-0.2, -0.15) is 13.2 Å². The standard InChI is InChI=1S/C16H20F3N5O4/c1-21-15(27)23-12(7-20)14(26)22-11-3-2-9(6-10(11)16(17,18)19)24-4-5-28-8-13(24)25/h2-3,6,12H,4-5,7-8,20H2,1H3,(H,22,26)(H2,21,23,27)/t12-/m1/s1. The molecular formula is C16H20F3N5O4. The normalized spacial score (nSPS) is 15.8. The number of nitrogens with zero attached hydrogens (tertiary/aromatic N) is 1. The van der Waals surface area contributed by atoms with E-state index in [1.807, 2.05) is 0 Å². The summed E-state index contributed by atoms with van der Waals surface area (Å²) in [7, 11) is 1.31. The fourth-order valence-corrected chi connectivity index (χ4v) is 2.52. The summed E-state index contributed by atoms with van der Waals surface area (Å²) in [5.74, 6) is -1.37. The van der Waals surface area contributed by atoms with Crippen molar-refractivity contribution in [3.05, 3.63) is 23.8 Å². The molecular weight excluding hydrogens is 383 g/mol. The molecule has 0 bridgehead atoms. The maximum absolute atomic E-state index is 13.5. The number of anilines is 2. The van der Waals surface area contributed by atoms with Crippen LogP contribution in [-0.4, -0.2) is 57.2 Å². The van der Waals surface area contributed by atoms with Gasteiger partial charge in [0.1, 0.15) is 12.6 Å². The monoisotopic (exact) mass is 403 g/mol. The van der Waals surface area contributed by atoms with Crippen LogP contribution in [-0.2, 0) is 20.5 Å². The van der Waals surface area contributed by atoms with Gasteiger partial charge in [0.2, 0.25) is 5.91 Å². The van der Waals surface area contributed by atoms with Crippen molar-refractivity contribution in [3.8, 4) is 0 Å². The Morgan fingerprint density at radius 1 is 1.36 bits per heavy atom. The average molecular weight is 403 g/mol. The fraction of sp³-hybridized carbons (Fsp3) is 0.438. The number of urea groups is 1. The molecule has 9 nitrogen and oxygen atoms in total. The van der Waals surface area contributed by atoms with E-state index in [-0.39, 0.29) is 32.0 Å². The lowest BCUT2D eigenvalue weighted by Crippen LogP contribution is -2.51. The van der Waals surface area contributed by atoms with Crippen LogP contribution in [0.15, 0.2) is 18.2 Å². The molecule has 1 aliphatic heterocycles. The van der Waals surface area contributed by atoms with Crippen molar-refractivity contribution < 1.29 is 32.3 Å². The first-order chi connectivity index (χ1) is 13.2. The molecule has 0 aliphatic carbocycles. The molecule has 1 aromatic carbocycles. The van der Waals surface area contributed by atoms with Crippen molar-refractivity contribution >= 4 is 29.2 Å². The molecule has 0 spiro atoms. The van der Waals surface area contributed by atoms with Gasteiger partial charge < -0.3 is 31.3 Å². The first-order valence-electron chi connectivity index (χ1n) is 8.26. The maximum atomic E-state index is 13.5. The van der Waals surface area contributed by atoms with Gasteiger partial charge in [-0.1, -0.05) is 0 Å². The van der Waals surface area contributed by atoms with E-state index in [1.165, 1.54) is 18.0 Å². The van der Waals surface area contributed by atoms with E-state index in [2.05, 4.69) is 16.0 Å². The maximum Gasteiger partial charge on any atom is 0.418 e. The summed E-state index contributed by atoms with van der Waals surface area (Å²) < 4.78 is 45.5. The molecule has 1 heterocycles. The van der Waals surface area contributed by atoms with Crippen molar-refractivity contribution in [3.63, 3.8) is 0 Å². The van der Waals surface area contributed by atoms with Crippen LogP contribution in [0.4, 0.5) is 29.3 Å². The summed E-state index contributed by atoms with van der Waals surface area (Å²) in [6.45, 7) is -0.216. The van der Waals surface area contributed by atoms with Crippen LogP contribution < -0.4 is 26.6 Å². The van der Waals surface area contributed by atoms with Gasteiger partial charge >= 0.3 is 12.2 Å². The molecule has 2 rings (SSSR count). The van der Waals surface area contributed by atoms with Crippen LogP contribution in [0.5, 0.6) is 0 Å². The number of carbonyl (C=O) groups is 3. The number of nitrogens with one attached hydrogen (secondary N) is 3. The predicted octanol–water partition coefficient (Wildman–Crippen LogP) is 0.263. The Balaban J connectivity index is 2.29. The minimum atomic E-state index is -4.79. The Bertz CT molecular complexity index is 756. The number of morpholine rings is 1. The average Bonchev–Trinajstić information content (AvgIpc) is 2.65. The van der Waals surface area contributed by atoms with Gasteiger partial charge in [0.15, 0.2) is 0 Å². The molecule has 0 unspecified atom stereocenters. The summed E-state index contributed by atoms with van der Waals surface area (Å²) in [6, 6.07) is 1.18. The summed E-state index contributed by atoms with van der Waals surface area (Å²) in [4.78, 5) is 36.6. The molecule has 4 amide bonds. The van der Waals surface area contributed by atoms with E-state index in [1.54, 1.807) is 0 Å². The van der Waals surface area contributed by atoms with E-state index in [4.69, 9.17) is 10.5 Å². The van der Waals surface area contributed by atoms with Crippen LogP contribution in [0, 0.1) is 0 Å². The van der Waals surface area contributed by atoms with Gasteiger partial charge in [-0.15, -0.1) is 0 Å². The Labute approximate surface area is 158 Å². The molecule has 1 aliphatic rings. The Kier molecular flexibility index (Phi) is 6.80. The van der Waals surface area contributed by atoms with Gasteiger partial charge in [-0.05, 0) is 18.2 Å². The second kappa shape index (κ2) is 8.89.